The molecule has 0 aliphatic rings. The van der Waals surface area contributed by atoms with Gasteiger partial charge in [0.1, 0.15) is 4.83 Å². The van der Waals surface area contributed by atoms with Crippen molar-refractivity contribution in [2.45, 2.75) is 13.8 Å². The maximum absolute atomic E-state index is 12.0. The van der Waals surface area contributed by atoms with E-state index in [4.69, 9.17) is 0 Å². The zero-order valence-electron chi connectivity index (χ0n) is 10.1. The van der Waals surface area contributed by atoms with Gasteiger partial charge in [-0.05, 0) is 12.0 Å². The highest BCUT2D eigenvalue weighted by Gasteiger charge is 2.14. The summed E-state index contributed by atoms with van der Waals surface area (Å²) in [7, 11) is 0. The maximum atomic E-state index is 12.0. The molecule has 0 spiro atoms. The maximum Gasteiger partial charge on any atom is 0.261 e. The van der Waals surface area contributed by atoms with E-state index in [1.54, 1.807) is 11.3 Å². The van der Waals surface area contributed by atoms with E-state index in [1.165, 1.54) is 11.3 Å². The van der Waals surface area contributed by atoms with Gasteiger partial charge in [-0.2, -0.15) is 0 Å². The van der Waals surface area contributed by atoms with Gasteiger partial charge in [-0.25, -0.2) is 4.98 Å². The fourth-order valence-corrected chi connectivity index (χ4v) is 3.46. The third-order valence-corrected chi connectivity index (χ3v) is 4.41. The SMILES string of the molecule is CC(C)CNC(=O)c1cc2c(nc3sccn32)s1. The van der Waals surface area contributed by atoms with E-state index < -0.39 is 0 Å². The molecular formula is C12H13N3OS2. The lowest BCUT2D eigenvalue weighted by Crippen LogP contribution is -2.26. The number of nitrogens with zero attached hydrogens (tertiary/aromatic N) is 2. The number of thiazole rings is 1. The molecular weight excluding hydrogens is 266 g/mol. The minimum absolute atomic E-state index is 0.00400. The van der Waals surface area contributed by atoms with Gasteiger partial charge >= 0.3 is 0 Å². The molecule has 0 aromatic carbocycles. The van der Waals surface area contributed by atoms with Gasteiger partial charge in [0, 0.05) is 18.1 Å². The number of rotatable bonds is 3. The lowest BCUT2D eigenvalue weighted by molar-refractivity contribution is 0.0953. The molecule has 3 rings (SSSR count). The van der Waals surface area contributed by atoms with Gasteiger partial charge in [0.05, 0.1) is 10.4 Å². The Morgan fingerprint density at radius 3 is 3.17 bits per heavy atom. The Labute approximate surface area is 112 Å². The second-order valence-electron chi connectivity index (χ2n) is 4.57. The molecule has 0 unspecified atom stereocenters. The number of aromatic nitrogens is 2. The summed E-state index contributed by atoms with van der Waals surface area (Å²) < 4.78 is 2.02. The van der Waals surface area contributed by atoms with E-state index in [0.717, 1.165) is 20.2 Å². The molecule has 3 aromatic rings. The summed E-state index contributed by atoms with van der Waals surface area (Å²) in [4.78, 5) is 19.1. The van der Waals surface area contributed by atoms with Crippen LogP contribution in [0.2, 0.25) is 0 Å². The molecule has 1 N–H and O–H groups in total. The van der Waals surface area contributed by atoms with Gasteiger partial charge in [-0.15, -0.1) is 22.7 Å². The van der Waals surface area contributed by atoms with Crippen molar-refractivity contribution in [3.63, 3.8) is 0 Å². The van der Waals surface area contributed by atoms with Crippen molar-refractivity contribution in [3.8, 4) is 0 Å². The molecule has 0 fully saturated rings. The fourth-order valence-electron chi connectivity index (χ4n) is 1.74. The zero-order valence-corrected chi connectivity index (χ0v) is 11.8. The largest absolute Gasteiger partial charge is 0.351 e. The van der Waals surface area contributed by atoms with Gasteiger partial charge in [-0.3, -0.25) is 9.20 Å². The van der Waals surface area contributed by atoms with Crippen LogP contribution in [0.4, 0.5) is 0 Å². The van der Waals surface area contributed by atoms with Crippen molar-refractivity contribution in [3.05, 3.63) is 22.5 Å². The van der Waals surface area contributed by atoms with Crippen LogP contribution in [0.1, 0.15) is 23.5 Å². The summed E-state index contributed by atoms with van der Waals surface area (Å²) in [5.41, 5.74) is 1.02. The Kier molecular flexibility index (Phi) is 2.83. The summed E-state index contributed by atoms with van der Waals surface area (Å²) in [5.74, 6) is 0.457. The number of thiophene rings is 1. The van der Waals surface area contributed by atoms with Gasteiger partial charge in [0.15, 0.2) is 4.96 Å². The fraction of sp³-hybridized carbons (Fsp3) is 0.333. The van der Waals surface area contributed by atoms with Crippen LogP contribution in [0, 0.1) is 5.92 Å². The van der Waals surface area contributed by atoms with Gasteiger partial charge < -0.3 is 5.32 Å². The number of carbonyl (C=O) groups is 1. The van der Waals surface area contributed by atoms with Crippen LogP contribution in [-0.4, -0.2) is 21.8 Å². The van der Waals surface area contributed by atoms with Gasteiger partial charge in [0.25, 0.3) is 5.91 Å². The monoisotopic (exact) mass is 279 g/mol. The number of amides is 1. The van der Waals surface area contributed by atoms with Crippen molar-refractivity contribution in [2.75, 3.05) is 6.54 Å². The summed E-state index contributed by atoms with van der Waals surface area (Å²) in [5, 5.41) is 4.93. The molecule has 0 aliphatic carbocycles. The summed E-state index contributed by atoms with van der Waals surface area (Å²) in [6.45, 7) is 4.87. The lowest BCUT2D eigenvalue weighted by atomic mass is 10.2. The number of fused-ring (bicyclic) bond motifs is 3. The lowest BCUT2D eigenvalue weighted by Gasteiger charge is -2.05. The first-order valence-electron chi connectivity index (χ1n) is 5.78. The Morgan fingerprint density at radius 2 is 2.39 bits per heavy atom. The molecule has 3 heterocycles. The van der Waals surface area contributed by atoms with Gasteiger partial charge in [0.2, 0.25) is 0 Å². The minimum atomic E-state index is -0.00400. The van der Waals surface area contributed by atoms with E-state index in [-0.39, 0.29) is 5.91 Å². The summed E-state index contributed by atoms with van der Waals surface area (Å²) in [6, 6.07) is 1.92. The predicted molar refractivity (Wildman–Crippen MR) is 75.6 cm³/mol. The Balaban J connectivity index is 1.92. The Bertz CT molecular complexity index is 707. The third kappa shape index (κ3) is 1.91. The molecule has 0 saturated carbocycles. The second kappa shape index (κ2) is 4.37. The first-order valence-corrected chi connectivity index (χ1v) is 7.48. The average Bonchev–Trinajstić information content (AvgIpc) is 2.95. The number of nitrogens with one attached hydrogen (secondary N) is 1. The molecule has 6 heteroatoms. The van der Waals surface area contributed by atoms with Crippen LogP contribution >= 0.6 is 22.7 Å². The van der Waals surface area contributed by atoms with Crippen LogP contribution in [-0.2, 0) is 0 Å². The van der Waals surface area contributed by atoms with Crippen LogP contribution in [0.25, 0.3) is 15.3 Å². The molecule has 0 atom stereocenters. The smallest absolute Gasteiger partial charge is 0.261 e. The second-order valence-corrected chi connectivity index (χ2v) is 6.48. The first-order chi connectivity index (χ1) is 8.65. The Hall–Kier alpha value is -1.40. The van der Waals surface area contributed by atoms with Gasteiger partial charge in [-0.1, -0.05) is 13.8 Å². The highest BCUT2D eigenvalue weighted by Crippen LogP contribution is 2.28. The molecule has 0 radical (unpaired) electrons. The van der Waals surface area contributed by atoms with E-state index in [0.29, 0.717) is 12.5 Å². The minimum Gasteiger partial charge on any atom is -0.351 e. The molecule has 3 aromatic heterocycles. The van der Waals surface area contributed by atoms with Crippen LogP contribution in [0.5, 0.6) is 0 Å². The molecule has 1 amide bonds. The van der Waals surface area contributed by atoms with E-state index in [9.17, 15) is 4.79 Å². The van der Waals surface area contributed by atoms with Crippen molar-refractivity contribution in [2.24, 2.45) is 5.92 Å². The first kappa shape index (κ1) is 11.7. The van der Waals surface area contributed by atoms with Crippen molar-refractivity contribution >= 4 is 43.9 Å². The summed E-state index contributed by atoms with van der Waals surface area (Å²) >= 11 is 3.05. The van der Waals surface area contributed by atoms with Crippen LogP contribution in [0.3, 0.4) is 0 Å². The number of carbonyl (C=O) groups excluding carboxylic acids is 1. The standard InChI is InChI=1S/C12H13N3OS2/c1-7(2)6-13-10(16)9-5-8-11(18-9)14-12-15(8)3-4-17-12/h3-5,7H,6H2,1-2H3,(H,13,16). The van der Waals surface area contributed by atoms with E-state index >= 15 is 0 Å². The third-order valence-electron chi connectivity index (χ3n) is 2.63. The van der Waals surface area contributed by atoms with E-state index in [2.05, 4.69) is 24.1 Å². The topological polar surface area (TPSA) is 46.4 Å². The zero-order chi connectivity index (χ0) is 12.7. The normalized spacial score (nSPS) is 11.7. The van der Waals surface area contributed by atoms with Crippen LogP contribution in [0.15, 0.2) is 17.6 Å². The molecule has 4 nitrogen and oxygen atoms in total. The quantitative estimate of drug-likeness (QED) is 0.801. The molecule has 18 heavy (non-hydrogen) atoms. The van der Waals surface area contributed by atoms with Crippen molar-refractivity contribution < 1.29 is 4.79 Å². The Morgan fingerprint density at radius 1 is 1.56 bits per heavy atom. The average molecular weight is 279 g/mol. The van der Waals surface area contributed by atoms with Crippen molar-refractivity contribution in [1.29, 1.82) is 0 Å². The molecule has 0 aliphatic heterocycles. The highest BCUT2D eigenvalue weighted by atomic mass is 32.1. The van der Waals surface area contributed by atoms with Crippen LogP contribution < -0.4 is 5.32 Å². The number of hydrogen-bond donors (Lipinski definition) is 1. The number of imidazole rings is 1. The number of hydrogen-bond acceptors (Lipinski definition) is 4. The summed E-state index contributed by atoms with van der Waals surface area (Å²) in [6.07, 6.45) is 1.98. The highest BCUT2D eigenvalue weighted by molar-refractivity contribution is 7.21. The van der Waals surface area contributed by atoms with Crippen molar-refractivity contribution in [1.82, 2.24) is 14.7 Å². The molecule has 0 bridgehead atoms. The predicted octanol–water partition coefficient (Wildman–Crippen LogP) is 3.00. The molecule has 94 valence electrons. The molecule has 0 saturated heterocycles. The van der Waals surface area contributed by atoms with E-state index in [1.807, 2.05) is 22.0 Å².